The highest BCUT2D eigenvalue weighted by atomic mass is 16.2. The first-order valence-electron chi connectivity index (χ1n) is 9.44. The molecule has 2 aromatic heterocycles. The number of aromatic amines is 1. The third-order valence-electron chi connectivity index (χ3n) is 5.51. The van der Waals surface area contributed by atoms with E-state index in [1.165, 1.54) is 5.56 Å². The number of rotatable bonds is 4. The molecule has 1 amide bonds. The number of aryl methyl sites for hydroxylation is 2. The van der Waals surface area contributed by atoms with Crippen LogP contribution in [0.4, 0.5) is 0 Å². The average Bonchev–Trinajstić information content (AvgIpc) is 3.23. The van der Waals surface area contributed by atoms with Gasteiger partial charge in [-0.25, -0.2) is 4.98 Å². The molecule has 0 atom stereocenters. The van der Waals surface area contributed by atoms with Gasteiger partial charge in [-0.3, -0.25) is 9.48 Å². The Hall–Kier alpha value is -2.89. The van der Waals surface area contributed by atoms with Crippen LogP contribution in [0.5, 0.6) is 0 Å². The van der Waals surface area contributed by atoms with E-state index in [0.29, 0.717) is 19.5 Å². The number of aromatic nitrogens is 4. The fraction of sp³-hybridized carbons (Fsp3) is 0.381. The number of benzene rings is 1. The summed E-state index contributed by atoms with van der Waals surface area (Å²) in [7, 11) is 0. The predicted molar refractivity (Wildman–Crippen MR) is 104 cm³/mol. The van der Waals surface area contributed by atoms with Crippen molar-refractivity contribution in [2.75, 3.05) is 6.54 Å². The van der Waals surface area contributed by atoms with Crippen molar-refractivity contribution in [1.29, 1.82) is 0 Å². The van der Waals surface area contributed by atoms with Crippen molar-refractivity contribution in [3.63, 3.8) is 0 Å². The van der Waals surface area contributed by atoms with Crippen molar-refractivity contribution in [2.24, 2.45) is 0 Å². The highest BCUT2D eigenvalue weighted by Crippen LogP contribution is 2.23. The summed E-state index contributed by atoms with van der Waals surface area (Å²) in [6.07, 6.45) is 1.26. The van der Waals surface area contributed by atoms with Crippen molar-refractivity contribution in [3.8, 4) is 11.4 Å². The lowest BCUT2D eigenvalue weighted by Gasteiger charge is -2.26. The molecule has 0 unspecified atom stereocenters. The number of hydrogen-bond acceptors (Lipinski definition) is 3. The van der Waals surface area contributed by atoms with Gasteiger partial charge >= 0.3 is 0 Å². The van der Waals surface area contributed by atoms with Crippen LogP contribution >= 0.6 is 0 Å². The molecule has 6 nitrogen and oxygen atoms in total. The van der Waals surface area contributed by atoms with Crippen LogP contribution in [0.25, 0.3) is 11.4 Å². The summed E-state index contributed by atoms with van der Waals surface area (Å²) in [4.78, 5) is 22.8. The monoisotopic (exact) mass is 363 g/mol. The highest BCUT2D eigenvalue weighted by molar-refractivity contribution is 5.76. The number of nitrogens with zero attached hydrogens (tertiary/aromatic N) is 4. The number of hydrogen-bond donors (Lipinski definition) is 1. The Bertz CT molecular complexity index is 970. The average molecular weight is 363 g/mol. The van der Waals surface area contributed by atoms with Gasteiger partial charge in [0, 0.05) is 37.2 Å². The molecule has 0 aliphatic carbocycles. The molecule has 0 saturated carbocycles. The van der Waals surface area contributed by atoms with Gasteiger partial charge in [0.05, 0.1) is 23.6 Å². The summed E-state index contributed by atoms with van der Waals surface area (Å²) in [5.74, 6) is 1.05. The summed E-state index contributed by atoms with van der Waals surface area (Å²) in [5, 5.41) is 4.53. The number of amides is 1. The fourth-order valence-corrected chi connectivity index (χ4v) is 3.60. The van der Waals surface area contributed by atoms with Gasteiger partial charge in [0.1, 0.15) is 5.82 Å². The Kier molecular flexibility index (Phi) is 4.56. The lowest BCUT2D eigenvalue weighted by atomic mass is 10.1. The Morgan fingerprint density at radius 3 is 2.67 bits per heavy atom. The van der Waals surface area contributed by atoms with Crippen LogP contribution < -0.4 is 0 Å². The van der Waals surface area contributed by atoms with Crippen LogP contribution in [0.3, 0.4) is 0 Å². The molecule has 0 bridgehead atoms. The van der Waals surface area contributed by atoms with Gasteiger partial charge < -0.3 is 9.88 Å². The molecule has 1 aliphatic rings. The zero-order chi connectivity index (χ0) is 19.0. The molecule has 6 heteroatoms. The minimum Gasteiger partial charge on any atom is -0.340 e. The van der Waals surface area contributed by atoms with Gasteiger partial charge in [-0.05, 0) is 26.3 Å². The standard InChI is InChI=1S/C21H25N5O/c1-14-15(2)24-26(16(14)3)12-10-20(27)25-11-9-18-19(13-25)23-21(22-18)17-7-5-4-6-8-17/h4-8H,9-13H2,1-3H3,(H,22,23). The van der Waals surface area contributed by atoms with E-state index in [1.54, 1.807) is 0 Å². The van der Waals surface area contributed by atoms with E-state index >= 15 is 0 Å². The maximum Gasteiger partial charge on any atom is 0.224 e. The maximum absolute atomic E-state index is 12.7. The van der Waals surface area contributed by atoms with Crippen LogP contribution in [-0.2, 0) is 24.3 Å². The molecule has 3 aromatic rings. The number of fused-ring (bicyclic) bond motifs is 1. The minimum absolute atomic E-state index is 0.168. The minimum atomic E-state index is 0.168. The molecule has 0 spiro atoms. The van der Waals surface area contributed by atoms with E-state index in [1.807, 2.05) is 46.8 Å². The number of carbonyl (C=O) groups excluding carboxylic acids is 1. The molecule has 27 heavy (non-hydrogen) atoms. The van der Waals surface area contributed by atoms with E-state index < -0.39 is 0 Å². The summed E-state index contributed by atoms with van der Waals surface area (Å²) in [6, 6.07) is 10.1. The molecule has 0 fully saturated rings. The summed E-state index contributed by atoms with van der Waals surface area (Å²) < 4.78 is 1.95. The van der Waals surface area contributed by atoms with Gasteiger partial charge in [0.25, 0.3) is 0 Å². The van der Waals surface area contributed by atoms with Crippen molar-refractivity contribution < 1.29 is 4.79 Å². The topological polar surface area (TPSA) is 66.8 Å². The quantitative estimate of drug-likeness (QED) is 0.774. The Labute approximate surface area is 159 Å². The summed E-state index contributed by atoms with van der Waals surface area (Å²) in [5.41, 5.74) is 6.58. The first kappa shape index (κ1) is 17.5. The fourth-order valence-electron chi connectivity index (χ4n) is 3.60. The molecule has 1 aromatic carbocycles. The third kappa shape index (κ3) is 3.39. The van der Waals surface area contributed by atoms with Gasteiger partial charge in [0.2, 0.25) is 5.91 Å². The second-order valence-electron chi connectivity index (χ2n) is 7.21. The van der Waals surface area contributed by atoms with Gasteiger partial charge in [0.15, 0.2) is 0 Å². The second kappa shape index (κ2) is 7.02. The largest absolute Gasteiger partial charge is 0.340 e. The summed E-state index contributed by atoms with van der Waals surface area (Å²) in [6.45, 7) is 8.09. The highest BCUT2D eigenvalue weighted by Gasteiger charge is 2.24. The second-order valence-corrected chi connectivity index (χ2v) is 7.21. The molecular weight excluding hydrogens is 338 g/mol. The number of imidazole rings is 1. The number of carbonyl (C=O) groups is 1. The molecular formula is C21H25N5O. The van der Waals surface area contributed by atoms with Crippen LogP contribution in [0, 0.1) is 20.8 Å². The van der Waals surface area contributed by atoms with Crippen LogP contribution in [0.2, 0.25) is 0 Å². The zero-order valence-corrected chi connectivity index (χ0v) is 16.1. The SMILES string of the molecule is Cc1nn(CCC(=O)N2CCc3nc(-c4ccccc4)[nH]c3C2)c(C)c1C. The van der Waals surface area contributed by atoms with E-state index in [2.05, 4.69) is 23.9 Å². The van der Waals surface area contributed by atoms with E-state index in [9.17, 15) is 4.79 Å². The van der Waals surface area contributed by atoms with E-state index in [-0.39, 0.29) is 5.91 Å². The van der Waals surface area contributed by atoms with Gasteiger partial charge in [-0.2, -0.15) is 5.10 Å². The smallest absolute Gasteiger partial charge is 0.224 e. The Morgan fingerprint density at radius 1 is 1.19 bits per heavy atom. The molecule has 0 saturated heterocycles. The molecule has 140 valence electrons. The number of nitrogens with one attached hydrogen (secondary N) is 1. The Balaban J connectivity index is 1.42. The molecule has 0 radical (unpaired) electrons. The van der Waals surface area contributed by atoms with Crippen LogP contribution in [0.1, 0.15) is 34.8 Å². The number of H-pyrrole nitrogens is 1. The summed E-state index contributed by atoms with van der Waals surface area (Å²) >= 11 is 0. The van der Waals surface area contributed by atoms with Crippen molar-refractivity contribution >= 4 is 5.91 Å². The lowest BCUT2D eigenvalue weighted by Crippen LogP contribution is -2.36. The lowest BCUT2D eigenvalue weighted by molar-refractivity contribution is -0.132. The van der Waals surface area contributed by atoms with Gasteiger partial charge in [-0.15, -0.1) is 0 Å². The first-order chi connectivity index (χ1) is 13.0. The Morgan fingerprint density at radius 2 is 1.96 bits per heavy atom. The third-order valence-corrected chi connectivity index (χ3v) is 5.51. The van der Waals surface area contributed by atoms with Gasteiger partial charge in [-0.1, -0.05) is 30.3 Å². The van der Waals surface area contributed by atoms with Crippen LogP contribution in [0.15, 0.2) is 30.3 Å². The first-order valence-corrected chi connectivity index (χ1v) is 9.44. The zero-order valence-electron chi connectivity index (χ0n) is 16.1. The molecule has 3 heterocycles. The molecule has 4 rings (SSSR count). The normalized spacial score (nSPS) is 13.7. The van der Waals surface area contributed by atoms with Crippen molar-refractivity contribution in [3.05, 3.63) is 58.7 Å². The van der Waals surface area contributed by atoms with E-state index in [4.69, 9.17) is 4.98 Å². The van der Waals surface area contributed by atoms with Crippen molar-refractivity contribution in [1.82, 2.24) is 24.6 Å². The molecule has 1 aliphatic heterocycles. The van der Waals surface area contributed by atoms with Crippen LogP contribution in [-0.4, -0.2) is 37.1 Å². The molecule has 1 N–H and O–H groups in total. The predicted octanol–water partition coefficient (Wildman–Crippen LogP) is 3.17. The maximum atomic E-state index is 12.7. The van der Waals surface area contributed by atoms with Crippen molar-refractivity contribution in [2.45, 2.75) is 46.7 Å². The van der Waals surface area contributed by atoms with E-state index in [0.717, 1.165) is 47.1 Å².